The van der Waals surface area contributed by atoms with Gasteiger partial charge in [0.05, 0.1) is 21.1 Å². The first-order chi connectivity index (χ1) is 14.4. The standard InChI is InChI=1S/C20H20ClF3N2O4S/c1-20(28)6-4-11(5-7-20)26-31(29,30)13-2-3-15(21)14(10-13)19(27)25-12-8-16(22)18(24)17(23)9-12/h2-3,8-11,26,28H,4-7H2,1H3,(H,25,27). The summed E-state index contributed by atoms with van der Waals surface area (Å²) in [5.74, 6) is -5.60. The molecule has 1 fully saturated rings. The zero-order valence-corrected chi connectivity index (χ0v) is 18.0. The Morgan fingerprint density at radius 3 is 2.29 bits per heavy atom. The molecule has 1 aliphatic rings. The van der Waals surface area contributed by atoms with Gasteiger partial charge in [0.2, 0.25) is 10.0 Å². The van der Waals surface area contributed by atoms with E-state index >= 15 is 0 Å². The molecule has 0 unspecified atom stereocenters. The van der Waals surface area contributed by atoms with Gasteiger partial charge in [0, 0.05) is 23.9 Å². The molecule has 6 nitrogen and oxygen atoms in total. The molecule has 3 rings (SSSR count). The second kappa shape index (κ2) is 8.78. The van der Waals surface area contributed by atoms with Crippen LogP contribution in [0.4, 0.5) is 18.9 Å². The highest BCUT2D eigenvalue weighted by atomic mass is 35.5. The molecule has 0 saturated heterocycles. The van der Waals surface area contributed by atoms with Crippen LogP contribution in [0, 0.1) is 17.5 Å². The van der Waals surface area contributed by atoms with Gasteiger partial charge in [0.25, 0.3) is 5.91 Å². The van der Waals surface area contributed by atoms with Gasteiger partial charge in [-0.15, -0.1) is 0 Å². The van der Waals surface area contributed by atoms with E-state index in [2.05, 4.69) is 10.0 Å². The van der Waals surface area contributed by atoms with Crippen LogP contribution in [0.1, 0.15) is 43.0 Å². The van der Waals surface area contributed by atoms with E-state index in [1.54, 1.807) is 6.92 Å². The second-order valence-corrected chi connectivity index (χ2v) is 9.86. The predicted molar refractivity (Wildman–Crippen MR) is 109 cm³/mol. The molecule has 0 radical (unpaired) electrons. The van der Waals surface area contributed by atoms with E-state index in [4.69, 9.17) is 11.6 Å². The summed E-state index contributed by atoms with van der Waals surface area (Å²) in [6.07, 6.45) is 1.79. The maximum atomic E-state index is 13.4. The molecule has 1 saturated carbocycles. The fraction of sp³-hybridized carbons (Fsp3) is 0.350. The Balaban J connectivity index is 1.80. The van der Waals surface area contributed by atoms with E-state index in [1.807, 2.05) is 0 Å². The van der Waals surface area contributed by atoms with Crippen molar-refractivity contribution in [3.8, 4) is 0 Å². The molecule has 0 heterocycles. The van der Waals surface area contributed by atoms with E-state index < -0.39 is 39.0 Å². The number of aliphatic hydroxyl groups is 1. The molecule has 0 spiro atoms. The van der Waals surface area contributed by atoms with E-state index in [-0.39, 0.29) is 27.2 Å². The zero-order valence-electron chi connectivity index (χ0n) is 16.4. The summed E-state index contributed by atoms with van der Waals surface area (Å²) in [6, 6.07) is 4.27. The summed E-state index contributed by atoms with van der Waals surface area (Å²) in [5, 5.41) is 12.1. The van der Waals surface area contributed by atoms with E-state index in [1.165, 1.54) is 12.1 Å². The maximum absolute atomic E-state index is 13.4. The van der Waals surface area contributed by atoms with E-state index in [0.29, 0.717) is 37.8 Å². The SMILES string of the molecule is CC1(O)CCC(NS(=O)(=O)c2ccc(Cl)c(C(=O)Nc3cc(F)c(F)c(F)c3)c2)CC1. The number of carbonyl (C=O) groups excluding carboxylic acids is 1. The average molecular weight is 477 g/mol. The first-order valence-electron chi connectivity index (χ1n) is 9.38. The average Bonchev–Trinajstić information content (AvgIpc) is 2.67. The lowest BCUT2D eigenvalue weighted by Crippen LogP contribution is -2.42. The van der Waals surface area contributed by atoms with Gasteiger partial charge in [0.1, 0.15) is 0 Å². The van der Waals surface area contributed by atoms with Crippen LogP contribution in [-0.2, 0) is 10.0 Å². The lowest BCUT2D eigenvalue weighted by molar-refractivity contribution is 0.0163. The number of amides is 1. The smallest absolute Gasteiger partial charge is 0.257 e. The van der Waals surface area contributed by atoms with Crippen molar-refractivity contribution in [1.29, 1.82) is 0 Å². The molecule has 0 aromatic heterocycles. The molecule has 2 aromatic rings. The fourth-order valence-electron chi connectivity index (χ4n) is 3.32. The summed E-state index contributed by atoms with van der Waals surface area (Å²) < 4.78 is 67.9. The minimum atomic E-state index is -4.00. The number of anilines is 1. The van der Waals surface area contributed by atoms with Crippen molar-refractivity contribution in [3.63, 3.8) is 0 Å². The summed E-state index contributed by atoms with van der Waals surface area (Å²) in [4.78, 5) is 12.3. The summed E-state index contributed by atoms with van der Waals surface area (Å²) in [6.45, 7) is 1.70. The molecule has 0 atom stereocenters. The van der Waals surface area contributed by atoms with Crippen LogP contribution in [0.2, 0.25) is 5.02 Å². The van der Waals surface area contributed by atoms with Gasteiger partial charge in [-0.2, -0.15) is 0 Å². The lowest BCUT2D eigenvalue weighted by Gasteiger charge is -2.33. The van der Waals surface area contributed by atoms with Crippen LogP contribution >= 0.6 is 11.6 Å². The van der Waals surface area contributed by atoms with Gasteiger partial charge in [-0.25, -0.2) is 26.3 Å². The molecule has 168 valence electrons. The Bertz CT molecular complexity index is 1090. The van der Waals surface area contributed by atoms with Crippen molar-refractivity contribution >= 4 is 33.2 Å². The van der Waals surface area contributed by atoms with Crippen LogP contribution in [-0.4, -0.2) is 31.1 Å². The largest absolute Gasteiger partial charge is 0.390 e. The van der Waals surface area contributed by atoms with Crippen molar-refractivity contribution < 1.29 is 31.5 Å². The zero-order chi connectivity index (χ0) is 23.0. The predicted octanol–water partition coefficient (Wildman–Crippen LogP) is 3.98. The minimum Gasteiger partial charge on any atom is -0.390 e. The van der Waals surface area contributed by atoms with Crippen LogP contribution < -0.4 is 10.0 Å². The monoisotopic (exact) mass is 476 g/mol. The Kier molecular flexibility index (Phi) is 6.66. The molecular weight excluding hydrogens is 457 g/mol. The van der Waals surface area contributed by atoms with Gasteiger partial charge < -0.3 is 10.4 Å². The van der Waals surface area contributed by atoms with E-state index in [9.17, 15) is 31.5 Å². The Morgan fingerprint density at radius 2 is 1.71 bits per heavy atom. The summed E-state index contributed by atoms with van der Waals surface area (Å²) in [7, 11) is -4.00. The third-order valence-electron chi connectivity index (χ3n) is 5.12. The van der Waals surface area contributed by atoms with Crippen LogP contribution in [0.5, 0.6) is 0 Å². The van der Waals surface area contributed by atoms with Crippen LogP contribution in [0.3, 0.4) is 0 Å². The van der Waals surface area contributed by atoms with Crippen molar-refractivity contribution in [1.82, 2.24) is 4.72 Å². The van der Waals surface area contributed by atoms with E-state index in [0.717, 1.165) is 6.07 Å². The fourth-order valence-corrected chi connectivity index (χ4v) is 4.85. The van der Waals surface area contributed by atoms with Gasteiger partial charge in [-0.3, -0.25) is 4.79 Å². The van der Waals surface area contributed by atoms with Gasteiger partial charge in [0.15, 0.2) is 17.5 Å². The Morgan fingerprint density at radius 1 is 1.13 bits per heavy atom. The number of sulfonamides is 1. The highest BCUT2D eigenvalue weighted by Gasteiger charge is 2.31. The van der Waals surface area contributed by atoms with Crippen molar-refractivity contribution in [2.75, 3.05) is 5.32 Å². The number of halogens is 4. The van der Waals surface area contributed by atoms with Crippen molar-refractivity contribution in [2.45, 2.75) is 49.1 Å². The number of carbonyl (C=O) groups is 1. The normalized spacial score (nSPS) is 21.7. The number of benzene rings is 2. The van der Waals surface area contributed by atoms with Crippen LogP contribution in [0.15, 0.2) is 35.2 Å². The topological polar surface area (TPSA) is 95.5 Å². The van der Waals surface area contributed by atoms with Gasteiger partial charge in [-0.1, -0.05) is 11.6 Å². The third kappa shape index (κ3) is 5.57. The van der Waals surface area contributed by atoms with Crippen molar-refractivity contribution in [2.24, 2.45) is 0 Å². The molecule has 1 aliphatic carbocycles. The molecule has 2 aromatic carbocycles. The Hall–Kier alpha value is -2.14. The number of rotatable bonds is 5. The summed E-state index contributed by atoms with van der Waals surface area (Å²) in [5.41, 5.74) is -1.44. The molecule has 11 heteroatoms. The molecule has 1 amide bonds. The Labute approximate surface area is 182 Å². The second-order valence-electron chi connectivity index (χ2n) is 7.74. The third-order valence-corrected chi connectivity index (χ3v) is 6.97. The number of hydrogen-bond donors (Lipinski definition) is 3. The molecule has 3 N–H and O–H groups in total. The number of nitrogens with one attached hydrogen (secondary N) is 2. The minimum absolute atomic E-state index is 0.0896. The summed E-state index contributed by atoms with van der Waals surface area (Å²) >= 11 is 6.01. The number of hydrogen-bond acceptors (Lipinski definition) is 4. The van der Waals surface area contributed by atoms with Crippen molar-refractivity contribution in [3.05, 3.63) is 58.4 Å². The first kappa shape index (κ1) is 23.5. The molecule has 0 bridgehead atoms. The highest BCUT2D eigenvalue weighted by Crippen LogP contribution is 2.29. The quantitative estimate of drug-likeness (QED) is 0.569. The molecular formula is C20H20ClF3N2O4S. The van der Waals surface area contributed by atoms with Gasteiger partial charge in [-0.05, 0) is 50.8 Å². The first-order valence-corrected chi connectivity index (χ1v) is 11.2. The molecule has 31 heavy (non-hydrogen) atoms. The van der Waals surface area contributed by atoms with Crippen LogP contribution in [0.25, 0.3) is 0 Å². The maximum Gasteiger partial charge on any atom is 0.257 e. The highest BCUT2D eigenvalue weighted by molar-refractivity contribution is 7.89. The molecule has 0 aliphatic heterocycles. The lowest BCUT2D eigenvalue weighted by atomic mass is 9.84. The van der Waals surface area contributed by atoms with Gasteiger partial charge >= 0.3 is 0 Å².